The predicted octanol–water partition coefficient (Wildman–Crippen LogP) is 3.02. The molecule has 120 valence electrons. The quantitative estimate of drug-likeness (QED) is 0.791. The van der Waals surface area contributed by atoms with E-state index in [1.165, 1.54) is 16.7 Å². The fourth-order valence-corrected chi connectivity index (χ4v) is 4.49. The second-order valence-corrected chi connectivity index (χ2v) is 8.09. The summed E-state index contributed by atoms with van der Waals surface area (Å²) in [6.45, 7) is 3.81. The first-order chi connectivity index (χ1) is 10.8. The molecule has 3 rings (SSSR count). The van der Waals surface area contributed by atoms with Crippen molar-refractivity contribution in [3.63, 3.8) is 0 Å². The summed E-state index contributed by atoms with van der Waals surface area (Å²) in [5.74, 6) is 0. The normalized spacial score (nSPS) is 11.8. The van der Waals surface area contributed by atoms with Gasteiger partial charge in [0.2, 0.25) is 0 Å². The minimum Gasteiger partial charge on any atom is -0.302 e. The molecule has 0 aliphatic heterocycles. The number of thiazole rings is 1. The van der Waals surface area contributed by atoms with Crippen LogP contribution in [-0.2, 0) is 17.1 Å². The van der Waals surface area contributed by atoms with Gasteiger partial charge in [-0.3, -0.25) is 9.52 Å². The largest absolute Gasteiger partial charge is 0.307 e. The van der Waals surface area contributed by atoms with Crippen LogP contribution in [0.4, 0.5) is 5.69 Å². The molecule has 0 radical (unpaired) electrons. The van der Waals surface area contributed by atoms with Crippen molar-refractivity contribution in [1.82, 2.24) is 4.57 Å². The van der Waals surface area contributed by atoms with Gasteiger partial charge in [0, 0.05) is 7.05 Å². The zero-order valence-electron chi connectivity index (χ0n) is 13.0. The summed E-state index contributed by atoms with van der Waals surface area (Å²) < 4.78 is 30.0. The van der Waals surface area contributed by atoms with Crippen molar-refractivity contribution in [2.45, 2.75) is 18.7 Å². The Hall–Kier alpha value is -2.12. The molecule has 2 aromatic carbocycles. The number of nitrogens with zero attached hydrogens (tertiary/aromatic N) is 1. The summed E-state index contributed by atoms with van der Waals surface area (Å²) in [5, 5.41) is 0. The van der Waals surface area contributed by atoms with Crippen molar-refractivity contribution in [3.8, 4) is 0 Å². The highest BCUT2D eigenvalue weighted by atomic mass is 32.2. The van der Waals surface area contributed by atoms with Gasteiger partial charge in [-0.15, -0.1) is 0 Å². The van der Waals surface area contributed by atoms with Crippen LogP contribution in [0.3, 0.4) is 0 Å². The number of anilines is 1. The van der Waals surface area contributed by atoms with Crippen LogP contribution >= 0.6 is 11.3 Å². The molecule has 0 aliphatic rings. The molecule has 0 saturated carbocycles. The predicted molar refractivity (Wildman–Crippen MR) is 93.8 cm³/mol. The van der Waals surface area contributed by atoms with Gasteiger partial charge in [-0.25, -0.2) is 8.42 Å². The van der Waals surface area contributed by atoms with Crippen LogP contribution < -0.4 is 9.60 Å². The standard InChI is InChI=1S/C16H16N2O3S2/c1-10-5-4-6-13(11(10)2)17-23(20,21)12-7-8-14-15(9-12)22-16(19)18(14)3/h4-9,17H,1-3H3. The van der Waals surface area contributed by atoms with Crippen LogP contribution in [0.1, 0.15) is 11.1 Å². The van der Waals surface area contributed by atoms with Gasteiger partial charge in [-0.05, 0) is 49.2 Å². The Morgan fingerprint density at radius 2 is 1.87 bits per heavy atom. The van der Waals surface area contributed by atoms with Crippen molar-refractivity contribution in [3.05, 3.63) is 57.2 Å². The summed E-state index contributed by atoms with van der Waals surface area (Å²) in [4.78, 5) is 11.7. The van der Waals surface area contributed by atoms with E-state index in [1.807, 2.05) is 26.0 Å². The Labute approximate surface area is 138 Å². The third-order valence-corrected chi connectivity index (χ3v) is 6.28. The van der Waals surface area contributed by atoms with E-state index >= 15 is 0 Å². The van der Waals surface area contributed by atoms with Crippen LogP contribution in [0.15, 0.2) is 46.1 Å². The van der Waals surface area contributed by atoms with Gasteiger partial charge in [0.25, 0.3) is 10.0 Å². The lowest BCUT2D eigenvalue weighted by Crippen LogP contribution is -2.14. The Morgan fingerprint density at radius 3 is 2.61 bits per heavy atom. The topological polar surface area (TPSA) is 68.2 Å². The molecule has 7 heteroatoms. The van der Waals surface area contributed by atoms with E-state index in [1.54, 1.807) is 19.2 Å². The fraction of sp³-hybridized carbons (Fsp3) is 0.188. The second kappa shape index (κ2) is 5.50. The molecule has 3 aromatic rings. The maximum atomic E-state index is 12.6. The van der Waals surface area contributed by atoms with Crippen LogP contribution in [0.5, 0.6) is 0 Å². The van der Waals surface area contributed by atoms with Crippen molar-refractivity contribution in [2.24, 2.45) is 7.05 Å². The van der Waals surface area contributed by atoms with Crippen molar-refractivity contribution < 1.29 is 8.42 Å². The number of aryl methyl sites for hydroxylation is 2. The van der Waals surface area contributed by atoms with Gasteiger partial charge < -0.3 is 4.57 Å². The molecule has 5 nitrogen and oxygen atoms in total. The van der Waals surface area contributed by atoms with Crippen LogP contribution in [0.2, 0.25) is 0 Å². The summed E-state index contributed by atoms with van der Waals surface area (Å²) in [7, 11) is -2.03. The fourth-order valence-electron chi connectivity index (χ4n) is 2.35. The lowest BCUT2D eigenvalue weighted by atomic mass is 10.1. The number of hydrogen-bond acceptors (Lipinski definition) is 4. The highest BCUT2D eigenvalue weighted by molar-refractivity contribution is 7.92. The number of benzene rings is 2. The molecular weight excluding hydrogens is 332 g/mol. The summed E-state index contributed by atoms with van der Waals surface area (Å²) >= 11 is 1.04. The lowest BCUT2D eigenvalue weighted by Gasteiger charge is -2.12. The lowest BCUT2D eigenvalue weighted by molar-refractivity contribution is 0.601. The molecule has 0 atom stereocenters. The first-order valence-corrected chi connectivity index (χ1v) is 9.28. The van der Waals surface area contributed by atoms with E-state index in [0.717, 1.165) is 28.0 Å². The maximum Gasteiger partial charge on any atom is 0.307 e. The molecule has 0 aliphatic carbocycles. The first kappa shape index (κ1) is 15.8. The Kier molecular flexibility index (Phi) is 3.77. The Bertz CT molecular complexity index is 1060. The van der Waals surface area contributed by atoms with E-state index in [9.17, 15) is 13.2 Å². The van der Waals surface area contributed by atoms with E-state index in [0.29, 0.717) is 10.4 Å². The summed E-state index contributed by atoms with van der Waals surface area (Å²) in [6.07, 6.45) is 0. The molecule has 0 amide bonds. The maximum absolute atomic E-state index is 12.6. The van der Waals surface area contributed by atoms with Gasteiger partial charge >= 0.3 is 4.87 Å². The molecule has 1 N–H and O–H groups in total. The smallest absolute Gasteiger partial charge is 0.302 e. The first-order valence-electron chi connectivity index (χ1n) is 6.98. The number of aromatic nitrogens is 1. The van der Waals surface area contributed by atoms with Gasteiger partial charge in [-0.2, -0.15) is 0 Å². The van der Waals surface area contributed by atoms with Crippen LogP contribution in [0.25, 0.3) is 10.2 Å². The SMILES string of the molecule is Cc1cccc(NS(=O)(=O)c2ccc3c(c2)sc(=O)n3C)c1C. The number of nitrogens with one attached hydrogen (secondary N) is 1. The third-order valence-electron chi connectivity index (χ3n) is 3.92. The van der Waals surface area contributed by atoms with Gasteiger partial charge in [0.1, 0.15) is 0 Å². The second-order valence-electron chi connectivity index (χ2n) is 5.41. The van der Waals surface area contributed by atoms with E-state index in [2.05, 4.69) is 4.72 Å². The average molecular weight is 348 g/mol. The average Bonchev–Trinajstić information content (AvgIpc) is 2.78. The minimum absolute atomic E-state index is 0.114. The molecule has 1 aromatic heterocycles. The van der Waals surface area contributed by atoms with Crippen molar-refractivity contribution in [2.75, 3.05) is 4.72 Å². The zero-order valence-corrected chi connectivity index (χ0v) is 14.6. The number of fused-ring (bicyclic) bond motifs is 1. The Balaban J connectivity index is 2.06. The van der Waals surface area contributed by atoms with Gasteiger partial charge in [-0.1, -0.05) is 23.5 Å². The molecule has 1 heterocycles. The molecule has 0 unspecified atom stereocenters. The summed E-state index contributed by atoms with van der Waals surface area (Å²) in [6, 6.07) is 10.2. The highest BCUT2D eigenvalue weighted by Gasteiger charge is 2.17. The zero-order chi connectivity index (χ0) is 16.8. The van der Waals surface area contributed by atoms with Gasteiger partial charge in [0.15, 0.2) is 0 Å². The number of rotatable bonds is 3. The molecule has 0 bridgehead atoms. The molecule has 0 spiro atoms. The highest BCUT2D eigenvalue weighted by Crippen LogP contribution is 2.25. The van der Waals surface area contributed by atoms with E-state index < -0.39 is 10.0 Å². The summed E-state index contributed by atoms with van der Waals surface area (Å²) in [5.41, 5.74) is 3.19. The van der Waals surface area contributed by atoms with Crippen molar-refractivity contribution in [1.29, 1.82) is 0 Å². The number of hydrogen-bond donors (Lipinski definition) is 1. The van der Waals surface area contributed by atoms with Crippen LogP contribution in [0, 0.1) is 13.8 Å². The van der Waals surface area contributed by atoms with Crippen LogP contribution in [-0.4, -0.2) is 13.0 Å². The molecule has 0 fully saturated rings. The molecule has 0 saturated heterocycles. The van der Waals surface area contributed by atoms with Crippen molar-refractivity contribution >= 4 is 37.3 Å². The monoisotopic (exact) mass is 348 g/mol. The van der Waals surface area contributed by atoms with E-state index in [-0.39, 0.29) is 9.77 Å². The number of sulfonamides is 1. The molecule has 23 heavy (non-hydrogen) atoms. The van der Waals surface area contributed by atoms with Gasteiger partial charge in [0.05, 0.1) is 20.8 Å². The Morgan fingerprint density at radius 1 is 1.13 bits per heavy atom. The minimum atomic E-state index is -3.70. The molecular formula is C16H16N2O3S2. The third kappa shape index (κ3) is 2.77. The van der Waals surface area contributed by atoms with E-state index in [4.69, 9.17) is 0 Å².